The third-order valence-electron chi connectivity index (χ3n) is 8.09. The number of nitrogens with zero attached hydrogens (tertiary/aromatic N) is 1. The summed E-state index contributed by atoms with van der Waals surface area (Å²) < 4.78 is 2.61. The molecule has 1 nitrogen and oxygen atoms in total. The molecule has 8 aromatic rings. The summed E-state index contributed by atoms with van der Waals surface area (Å²) in [4.78, 5) is 2.48. The SMILES string of the molecule is Cc1cccc(N(c2ccc3ccccc3c2-c2cccc3ccccc23)c2cccc3sc4ccccc4c23)c1. The number of aryl methyl sites for hydroxylation is 1. The Kier molecular flexibility index (Phi) is 5.61. The van der Waals surface area contributed by atoms with Crippen LogP contribution in [0.15, 0.2) is 146 Å². The molecule has 0 amide bonds. The van der Waals surface area contributed by atoms with Gasteiger partial charge in [-0.2, -0.15) is 0 Å². The monoisotopic (exact) mass is 541 g/mol. The van der Waals surface area contributed by atoms with E-state index in [1.54, 1.807) is 0 Å². The lowest BCUT2D eigenvalue weighted by Crippen LogP contribution is -2.12. The molecule has 194 valence electrons. The van der Waals surface area contributed by atoms with Gasteiger partial charge in [-0.1, -0.05) is 109 Å². The first kappa shape index (κ1) is 23.9. The summed E-state index contributed by atoms with van der Waals surface area (Å²) in [6, 6.07) is 53.2. The molecule has 0 spiro atoms. The van der Waals surface area contributed by atoms with E-state index in [0.29, 0.717) is 0 Å². The molecule has 1 heterocycles. The molecule has 2 heteroatoms. The standard InChI is InChI=1S/C39H27NS/c1-26-11-8-15-29(25-26)40(34-20-10-22-37-39(34)33-18-6-7-21-36(33)41-37)35-24-23-28-13-3-5-17-31(28)38(35)32-19-9-14-27-12-2-4-16-30(27)32/h2-25H,1H3. The van der Waals surface area contributed by atoms with Gasteiger partial charge in [0.1, 0.15) is 0 Å². The molecule has 0 aliphatic heterocycles. The van der Waals surface area contributed by atoms with E-state index in [2.05, 4.69) is 157 Å². The highest BCUT2D eigenvalue weighted by molar-refractivity contribution is 7.26. The Morgan fingerprint density at radius 1 is 0.488 bits per heavy atom. The zero-order chi connectivity index (χ0) is 27.3. The molecule has 0 N–H and O–H groups in total. The lowest BCUT2D eigenvalue weighted by Gasteiger charge is -2.30. The number of rotatable bonds is 4. The second-order valence-electron chi connectivity index (χ2n) is 10.6. The molecule has 7 aromatic carbocycles. The van der Waals surface area contributed by atoms with E-state index in [0.717, 1.165) is 5.69 Å². The molecule has 0 bridgehead atoms. The van der Waals surface area contributed by atoms with Crippen LogP contribution < -0.4 is 4.90 Å². The average Bonchev–Trinajstić information content (AvgIpc) is 3.40. The van der Waals surface area contributed by atoms with Gasteiger partial charge in [0.2, 0.25) is 0 Å². The van der Waals surface area contributed by atoms with Crippen molar-refractivity contribution in [1.29, 1.82) is 0 Å². The van der Waals surface area contributed by atoms with Gasteiger partial charge in [0.25, 0.3) is 0 Å². The van der Waals surface area contributed by atoms with Crippen LogP contribution in [0.3, 0.4) is 0 Å². The second kappa shape index (κ2) is 9.62. The van der Waals surface area contributed by atoms with Gasteiger partial charge in [-0.25, -0.2) is 0 Å². The van der Waals surface area contributed by atoms with Gasteiger partial charge in [-0.3, -0.25) is 0 Å². The summed E-state index contributed by atoms with van der Waals surface area (Å²) in [7, 11) is 0. The molecule has 0 unspecified atom stereocenters. The second-order valence-corrected chi connectivity index (χ2v) is 11.7. The van der Waals surface area contributed by atoms with E-state index in [-0.39, 0.29) is 0 Å². The molecule has 41 heavy (non-hydrogen) atoms. The van der Waals surface area contributed by atoms with Gasteiger partial charge in [-0.05, 0) is 76.0 Å². The number of benzene rings is 7. The van der Waals surface area contributed by atoms with E-state index in [1.165, 1.54) is 69.8 Å². The maximum Gasteiger partial charge on any atom is 0.0555 e. The van der Waals surface area contributed by atoms with Crippen LogP contribution in [-0.2, 0) is 0 Å². The number of hydrogen-bond acceptors (Lipinski definition) is 2. The molecule has 0 radical (unpaired) electrons. The van der Waals surface area contributed by atoms with E-state index in [4.69, 9.17) is 0 Å². The van der Waals surface area contributed by atoms with Crippen LogP contribution in [0, 0.1) is 6.92 Å². The normalized spacial score (nSPS) is 11.5. The first-order valence-electron chi connectivity index (χ1n) is 14.0. The lowest BCUT2D eigenvalue weighted by molar-refractivity contribution is 1.29. The minimum Gasteiger partial charge on any atom is -0.309 e. The number of anilines is 3. The van der Waals surface area contributed by atoms with Gasteiger partial charge < -0.3 is 4.90 Å². The number of thiophene rings is 1. The van der Waals surface area contributed by atoms with Crippen LogP contribution in [0.2, 0.25) is 0 Å². The third-order valence-corrected chi connectivity index (χ3v) is 9.22. The molecule has 0 fully saturated rings. The van der Waals surface area contributed by atoms with Gasteiger partial charge >= 0.3 is 0 Å². The smallest absolute Gasteiger partial charge is 0.0555 e. The lowest BCUT2D eigenvalue weighted by atomic mass is 9.91. The summed E-state index contributed by atoms with van der Waals surface area (Å²) in [6.45, 7) is 2.17. The molecule has 8 rings (SSSR count). The molecule has 0 aliphatic rings. The van der Waals surface area contributed by atoms with E-state index in [9.17, 15) is 0 Å². The van der Waals surface area contributed by atoms with Crippen molar-refractivity contribution in [3.63, 3.8) is 0 Å². The minimum atomic E-state index is 1.16. The third kappa shape index (κ3) is 3.91. The Morgan fingerprint density at radius 3 is 2.00 bits per heavy atom. The van der Waals surface area contributed by atoms with Gasteiger partial charge in [0.05, 0.1) is 11.4 Å². The molecular weight excluding hydrogens is 515 g/mol. The summed E-state index contributed by atoms with van der Waals surface area (Å²) >= 11 is 1.87. The first-order chi connectivity index (χ1) is 20.3. The van der Waals surface area contributed by atoms with Gasteiger partial charge in [0, 0.05) is 31.4 Å². The van der Waals surface area contributed by atoms with Gasteiger partial charge in [0.15, 0.2) is 0 Å². The molecule has 0 atom stereocenters. The average molecular weight is 542 g/mol. The van der Waals surface area contributed by atoms with Crippen molar-refractivity contribution < 1.29 is 0 Å². The summed E-state index contributed by atoms with van der Waals surface area (Å²) in [5, 5.41) is 7.59. The Labute approximate surface area is 243 Å². The first-order valence-corrected chi connectivity index (χ1v) is 14.8. The van der Waals surface area contributed by atoms with E-state index < -0.39 is 0 Å². The number of hydrogen-bond donors (Lipinski definition) is 0. The van der Waals surface area contributed by atoms with Crippen molar-refractivity contribution >= 4 is 70.1 Å². The maximum absolute atomic E-state index is 2.48. The largest absolute Gasteiger partial charge is 0.309 e. The fourth-order valence-corrected chi connectivity index (χ4v) is 7.42. The van der Waals surface area contributed by atoms with Gasteiger partial charge in [-0.15, -0.1) is 11.3 Å². The Morgan fingerprint density at radius 2 is 1.15 bits per heavy atom. The van der Waals surface area contributed by atoms with Crippen LogP contribution in [-0.4, -0.2) is 0 Å². The van der Waals surface area contributed by atoms with Crippen molar-refractivity contribution in [2.45, 2.75) is 6.92 Å². The zero-order valence-electron chi connectivity index (χ0n) is 22.7. The van der Waals surface area contributed by atoms with Crippen molar-refractivity contribution in [2.75, 3.05) is 4.90 Å². The summed E-state index contributed by atoms with van der Waals surface area (Å²) in [5.74, 6) is 0. The fraction of sp³-hybridized carbons (Fsp3) is 0.0256. The highest BCUT2D eigenvalue weighted by atomic mass is 32.1. The topological polar surface area (TPSA) is 3.24 Å². The van der Waals surface area contributed by atoms with Crippen LogP contribution in [0.4, 0.5) is 17.1 Å². The molecule has 0 saturated heterocycles. The summed E-state index contributed by atoms with van der Waals surface area (Å²) in [5.41, 5.74) is 7.26. The predicted molar refractivity (Wildman–Crippen MR) is 179 cm³/mol. The van der Waals surface area contributed by atoms with E-state index in [1.807, 2.05) is 11.3 Å². The fourth-order valence-electron chi connectivity index (χ4n) is 6.29. The molecule has 1 aromatic heterocycles. The highest BCUT2D eigenvalue weighted by Gasteiger charge is 2.23. The van der Waals surface area contributed by atoms with Crippen LogP contribution >= 0.6 is 11.3 Å². The van der Waals surface area contributed by atoms with Crippen LogP contribution in [0.1, 0.15) is 5.56 Å². The Balaban J connectivity index is 1.53. The zero-order valence-corrected chi connectivity index (χ0v) is 23.5. The van der Waals surface area contributed by atoms with E-state index >= 15 is 0 Å². The molecule has 0 saturated carbocycles. The van der Waals surface area contributed by atoms with Crippen molar-refractivity contribution in [3.05, 3.63) is 151 Å². The Hall–Kier alpha value is -4.92. The van der Waals surface area contributed by atoms with Crippen LogP contribution in [0.5, 0.6) is 0 Å². The van der Waals surface area contributed by atoms with Crippen molar-refractivity contribution in [3.8, 4) is 11.1 Å². The molecule has 0 aliphatic carbocycles. The quantitative estimate of drug-likeness (QED) is 0.214. The minimum absolute atomic E-state index is 1.16. The van der Waals surface area contributed by atoms with Crippen LogP contribution in [0.25, 0.3) is 52.8 Å². The maximum atomic E-state index is 2.48. The number of fused-ring (bicyclic) bond motifs is 5. The summed E-state index contributed by atoms with van der Waals surface area (Å²) in [6.07, 6.45) is 0. The van der Waals surface area contributed by atoms with Crippen molar-refractivity contribution in [1.82, 2.24) is 0 Å². The highest BCUT2D eigenvalue weighted by Crippen LogP contribution is 2.49. The van der Waals surface area contributed by atoms with Crippen molar-refractivity contribution in [2.24, 2.45) is 0 Å². The molecular formula is C39H27NS. The predicted octanol–water partition coefficient (Wildman–Crippen LogP) is 11.8. The Bertz CT molecular complexity index is 2230.